The van der Waals surface area contributed by atoms with Crippen molar-refractivity contribution in [1.82, 2.24) is 5.43 Å². The fourth-order valence-electron chi connectivity index (χ4n) is 2.32. The fourth-order valence-corrected chi connectivity index (χ4v) is 3.36. The summed E-state index contributed by atoms with van der Waals surface area (Å²) in [6.07, 6.45) is 1.04. The third-order valence-electron chi connectivity index (χ3n) is 3.38. The van der Waals surface area contributed by atoms with E-state index in [2.05, 4.69) is 24.5 Å². The number of hydrogen-bond acceptors (Lipinski definition) is 5. The topological polar surface area (TPSA) is 56.5 Å². The van der Waals surface area contributed by atoms with Crippen LogP contribution in [0.15, 0.2) is 30.3 Å². The summed E-state index contributed by atoms with van der Waals surface area (Å²) >= 11 is 1.78. The standard InChI is InChI=1S/C15H18N2O2S/c1-2-11-4-6-14(20-11)15(17-16)10-3-5-12-13(9-10)19-8-7-18-12/h3-6,9,15,17H,2,7-8,16H2,1H3. The Balaban J connectivity index is 1.92. The molecule has 0 bridgehead atoms. The highest BCUT2D eigenvalue weighted by Gasteiger charge is 2.18. The first-order chi connectivity index (χ1) is 9.81. The number of thiophene rings is 1. The van der Waals surface area contributed by atoms with Crippen molar-refractivity contribution in [1.29, 1.82) is 0 Å². The second kappa shape index (κ2) is 5.83. The zero-order chi connectivity index (χ0) is 13.9. The maximum absolute atomic E-state index is 5.75. The molecule has 1 aliphatic heterocycles. The summed E-state index contributed by atoms with van der Waals surface area (Å²) < 4.78 is 11.2. The lowest BCUT2D eigenvalue weighted by molar-refractivity contribution is 0.171. The number of nitrogens with two attached hydrogens (primary N) is 1. The van der Waals surface area contributed by atoms with Crippen molar-refractivity contribution in [2.75, 3.05) is 13.2 Å². The molecule has 0 spiro atoms. The summed E-state index contributed by atoms with van der Waals surface area (Å²) in [4.78, 5) is 2.57. The Labute approximate surface area is 122 Å². The smallest absolute Gasteiger partial charge is 0.161 e. The quantitative estimate of drug-likeness (QED) is 0.671. The maximum atomic E-state index is 5.75. The van der Waals surface area contributed by atoms with Crippen LogP contribution in [0.2, 0.25) is 0 Å². The minimum Gasteiger partial charge on any atom is -0.486 e. The van der Waals surface area contributed by atoms with Crippen molar-refractivity contribution in [3.63, 3.8) is 0 Å². The van der Waals surface area contributed by atoms with Gasteiger partial charge in [-0.05, 0) is 36.2 Å². The molecule has 20 heavy (non-hydrogen) atoms. The van der Waals surface area contributed by atoms with Crippen LogP contribution in [-0.2, 0) is 6.42 Å². The Bertz CT molecular complexity index is 597. The van der Waals surface area contributed by atoms with E-state index in [0.717, 1.165) is 23.5 Å². The third-order valence-corrected chi connectivity index (χ3v) is 4.68. The normalized spacial score (nSPS) is 15.1. The highest BCUT2D eigenvalue weighted by atomic mass is 32.1. The minimum absolute atomic E-state index is 0.0175. The summed E-state index contributed by atoms with van der Waals surface area (Å²) in [6.45, 7) is 3.36. The molecule has 3 N–H and O–H groups in total. The van der Waals surface area contributed by atoms with Gasteiger partial charge >= 0.3 is 0 Å². The molecule has 0 saturated carbocycles. The number of benzene rings is 1. The molecule has 0 aliphatic carbocycles. The maximum Gasteiger partial charge on any atom is 0.161 e. The van der Waals surface area contributed by atoms with Gasteiger partial charge in [0.05, 0.1) is 6.04 Å². The van der Waals surface area contributed by atoms with E-state index in [1.807, 2.05) is 18.2 Å². The molecule has 1 aromatic heterocycles. The largest absolute Gasteiger partial charge is 0.486 e. The molecule has 2 heterocycles. The molecule has 0 saturated heterocycles. The van der Waals surface area contributed by atoms with Crippen molar-refractivity contribution >= 4 is 11.3 Å². The Hall–Kier alpha value is -1.56. The van der Waals surface area contributed by atoms with Crippen LogP contribution < -0.4 is 20.7 Å². The van der Waals surface area contributed by atoms with Crippen molar-refractivity contribution in [2.24, 2.45) is 5.84 Å². The second-order valence-electron chi connectivity index (χ2n) is 4.66. The van der Waals surface area contributed by atoms with Crippen molar-refractivity contribution in [3.05, 3.63) is 45.6 Å². The second-order valence-corrected chi connectivity index (χ2v) is 5.86. The van der Waals surface area contributed by atoms with E-state index in [4.69, 9.17) is 15.3 Å². The van der Waals surface area contributed by atoms with Gasteiger partial charge in [-0.15, -0.1) is 11.3 Å². The van der Waals surface area contributed by atoms with Gasteiger partial charge in [0.25, 0.3) is 0 Å². The number of ether oxygens (including phenoxy) is 2. The van der Waals surface area contributed by atoms with E-state index in [-0.39, 0.29) is 6.04 Å². The minimum atomic E-state index is -0.0175. The van der Waals surface area contributed by atoms with Gasteiger partial charge in [-0.1, -0.05) is 13.0 Å². The Morgan fingerprint density at radius 1 is 1.20 bits per heavy atom. The number of rotatable bonds is 4. The van der Waals surface area contributed by atoms with Gasteiger partial charge in [0.2, 0.25) is 0 Å². The van der Waals surface area contributed by atoms with Gasteiger partial charge in [0.1, 0.15) is 13.2 Å². The molecule has 5 heteroatoms. The Morgan fingerprint density at radius 2 is 2.00 bits per heavy atom. The van der Waals surface area contributed by atoms with Crippen LogP contribution in [-0.4, -0.2) is 13.2 Å². The summed E-state index contributed by atoms with van der Waals surface area (Å²) in [5.74, 6) is 7.34. The number of fused-ring (bicyclic) bond motifs is 1. The van der Waals surface area contributed by atoms with E-state index in [1.54, 1.807) is 11.3 Å². The first-order valence-electron chi connectivity index (χ1n) is 6.76. The van der Waals surface area contributed by atoms with Crippen molar-refractivity contribution in [2.45, 2.75) is 19.4 Å². The third kappa shape index (κ3) is 2.52. The average Bonchev–Trinajstić information content (AvgIpc) is 2.97. The van der Waals surface area contributed by atoms with Crippen LogP contribution in [0.3, 0.4) is 0 Å². The zero-order valence-electron chi connectivity index (χ0n) is 11.4. The highest BCUT2D eigenvalue weighted by molar-refractivity contribution is 7.12. The number of nitrogens with one attached hydrogen (secondary N) is 1. The van der Waals surface area contributed by atoms with Gasteiger partial charge in [-0.3, -0.25) is 5.84 Å². The number of hydrazine groups is 1. The van der Waals surface area contributed by atoms with Gasteiger partial charge in [-0.25, -0.2) is 5.43 Å². The Kier molecular flexibility index (Phi) is 3.91. The predicted molar refractivity (Wildman–Crippen MR) is 80.3 cm³/mol. The molecule has 2 aromatic rings. The van der Waals surface area contributed by atoms with E-state index in [1.165, 1.54) is 9.75 Å². The van der Waals surface area contributed by atoms with E-state index in [0.29, 0.717) is 13.2 Å². The van der Waals surface area contributed by atoms with Gasteiger partial charge in [0, 0.05) is 9.75 Å². The van der Waals surface area contributed by atoms with Gasteiger partial charge in [-0.2, -0.15) is 0 Å². The summed E-state index contributed by atoms with van der Waals surface area (Å²) in [5, 5.41) is 0. The fraction of sp³-hybridized carbons (Fsp3) is 0.333. The SMILES string of the molecule is CCc1ccc(C(NN)c2ccc3c(c2)OCCO3)s1. The molecule has 106 valence electrons. The molecule has 1 aliphatic rings. The molecule has 4 nitrogen and oxygen atoms in total. The molecular weight excluding hydrogens is 272 g/mol. The summed E-state index contributed by atoms with van der Waals surface area (Å²) in [5.41, 5.74) is 3.98. The van der Waals surface area contributed by atoms with Crippen LogP contribution in [0.4, 0.5) is 0 Å². The van der Waals surface area contributed by atoms with E-state index >= 15 is 0 Å². The number of hydrogen-bond donors (Lipinski definition) is 2. The number of aryl methyl sites for hydroxylation is 1. The van der Waals surface area contributed by atoms with Crippen molar-refractivity contribution < 1.29 is 9.47 Å². The van der Waals surface area contributed by atoms with Gasteiger partial charge in [0.15, 0.2) is 11.5 Å². The van der Waals surface area contributed by atoms with Crippen LogP contribution in [0, 0.1) is 0 Å². The zero-order valence-corrected chi connectivity index (χ0v) is 12.2. The molecule has 0 fully saturated rings. The van der Waals surface area contributed by atoms with Crippen LogP contribution in [0.1, 0.15) is 28.3 Å². The van der Waals surface area contributed by atoms with Crippen LogP contribution in [0.5, 0.6) is 11.5 Å². The molecule has 1 unspecified atom stereocenters. The summed E-state index contributed by atoms with van der Waals surface area (Å²) in [6, 6.07) is 10.2. The molecule has 3 rings (SSSR count). The van der Waals surface area contributed by atoms with Crippen molar-refractivity contribution in [3.8, 4) is 11.5 Å². The monoisotopic (exact) mass is 290 g/mol. The molecule has 0 amide bonds. The van der Waals surface area contributed by atoms with Gasteiger partial charge < -0.3 is 9.47 Å². The molecule has 1 aromatic carbocycles. The van der Waals surface area contributed by atoms with E-state index < -0.39 is 0 Å². The van der Waals surface area contributed by atoms with E-state index in [9.17, 15) is 0 Å². The first-order valence-corrected chi connectivity index (χ1v) is 7.57. The summed E-state index contributed by atoms with van der Waals surface area (Å²) in [7, 11) is 0. The lowest BCUT2D eigenvalue weighted by Crippen LogP contribution is -2.28. The Morgan fingerprint density at radius 3 is 2.70 bits per heavy atom. The highest BCUT2D eigenvalue weighted by Crippen LogP contribution is 2.35. The molecule has 0 radical (unpaired) electrons. The first kappa shape index (κ1) is 13.4. The lowest BCUT2D eigenvalue weighted by Gasteiger charge is -2.21. The van der Waals surface area contributed by atoms with Crippen LogP contribution >= 0.6 is 11.3 Å². The molecular formula is C15H18N2O2S. The lowest BCUT2D eigenvalue weighted by atomic mass is 10.1. The average molecular weight is 290 g/mol. The predicted octanol–water partition coefficient (Wildman–Crippen LogP) is 2.63. The van der Waals surface area contributed by atoms with Crippen LogP contribution in [0.25, 0.3) is 0 Å². The molecule has 1 atom stereocenters.